The first kappa shape index (κ1) is 16.9. The minimum atomic E-state index is -0.0320. The molecular weight excluding hydrogens is 320 g/mol. The van der Waals surface area contributed by atoms with Gasteiger partial charge in [0, 0.05) is 16.5 Å². The van der Waals surface area contributed by atoms with E-state index >= 15 is 0 Å². The molecule has 2 aromatic carbocycles. The molecule has 24 heavy (non-hydrogen) atoms. The van der Waals surface area contributed by atoms with E-state index in [1.54, 1.807) is 7.11 Å². The number of hydrogen-bond donors (Lipinski definition) is 2. The highest BCUT2D eigenvalue weighted by Gasteiger charge is 2.35. The molecule has 2 atom stereocenters. The number of para-hydroxylation sites is 1. The van der Waals surface area contributed by atoms with E-state index in [9.17, 15) is 4.79 Å². The molecule has 0 saturated heterocycles. The maximum atomic E-state index is 12.8. The quantitative estimate of drug-likeness (QED) is 0.800. The fraction of sp³-hybridized carbons (Fsp3) is 0.316. The van der Waals surface area contributed by atoms with Gasteiger partial charge in [0.25, 0.3) is 0 Å². The average Bonchev–Trinajstić information content (AvgIpc) is 3.11. The van der Waals surface area contributed by atoms with Gasteiger partial charge in [-0.15, -0.1) is 0 Å². The van der Waals surface area contributed by atoms with Crippen LogP contribution in [0, 0.1) is 5.92 Å². The number of nitrogens with two attached hydrogens (primary N) is 1. The zero-order chi connectivity index (χ0) is 16.9. The Morgan fingerprint density at radius 3 is 2.83 bits per heavy atom. The Balaban J connectivity index is 1.78. The van der Waals surface area contributed by atoms with Crippen LogP contribution in [0.2, 0.25) is 0 Å². The third kappa shape index (κ3) is 3.57. The molecule has 2 unspecified atom stereocenters. The van der Waals surface area contributed by atoms with E-state index in [4.69, 9.17) is 9.88 Å². The van der Waals surface area contributed by atoms with Gasteiger partial charge in [-0.25, -0.2) is 0 Å². The number of carbonyl (C=O) groups excluding carboxylic acids is 1. The third-order valence-electron chi connectivity index (χ3n) is 4.63. The van der Waals surface area contributed by atoms with Gasteiger partial charge in [0.05, 0.1) is 7.11 Å². The number of ether oxygens (including phenoxy) is 1. The molecule has 126 valence electrons. The summed E-state index contributed by atoms with van der Waals surface area (Å²) in [6.07, 6.45) is 2.97. The van der Waals surface area contributed by atoms with E-state index < -0.39 is 0 Å². The summed E-state index contributed by atoms with van der Waals surface area (Å²) >= 11 is 1.18. The van der Waals surface area contributed by atoms with Gasteiger partial charge in [-0.2, -0.15) is 0 Å². The monoisotopic (exact) mass is 342 g/mol. The van der Waals surface area contributed by atoms with Crippen molar-refractivity contribution in [2.24, 2.45) is 11.1 Å². The summed E-state index contributed by atoms with van der Waals surface area (Å²) in [6.45, 7) is 0. The van der Waals surface area contributed by atoms with Crippen LogP contribution < -0.4 is 15.2 Å². The Morgan fingerprint density at radius 1 is 1.21 bits per heavy atom. The lowest BCUT2D eigenvalue weighted by Gasteiger charge is -2.21. The second kappa shape index (κ2) is 7.73. The second-order valence-electron chi connectivity index (χ2n) is 6.02. The molecule has 1 saturated carbocycles. The molecule has 2 aromatic rings. The van der Waals surface area contributed by atoms with Gasteiger partial charge >= 0.3 is 0 Å². The second-order valence-corrected chi connectivity index (χ2v) is 6.73. The van der Waals surface area contributed by atoms with Crippen molar-refractivity contribution in [3.05, 3.63) is 54.1 Å². The van der Waals surface area contributed by atoms with Crippen molar-refractivity contribution in [3.8, 4) is 5.75 Å². The van der Waals surface area contributed by atoms with Crippen molar-refractivity contribution >= 4 is 23.5 Å². The summed E-state index contributed by atoms with van der Waals surface area (Å²) in [5.41, 5.74) is 1.92. The smallest absolute Gasteiger partial charge is 0.228 e. The topological polar surface area (TPSA) is 64.3 Å². The van der Waals surface area contributed by atoms with Crippen molar-refractivity contribution in [1.82, 2.24) is 0 Å². The Labute approximate surface area is 146 Å². The van der Waals surface area contributed by atoms with E-state index in [1.165, 1.54) is 11.9 Å². The molecule has 0 bridgehead atoms. The number of benzene rings is 2. The number of nitrogens with one attached hydrogen (secondary N) is 1. The number of rotatable bonds is 5. The molecule has 1 aliphatic rings. The van der Waals surface area contributed by atoms with Crippen LogP contribution in [0.5, 0.6) is 5.75 Å². The van der Waals surface area contributed by atoms with Crippen molar-refractivity contribution < 1.29 is 9.53 Å². The van der Waals surface area contributed by atoms with Crippen LogP contribution in [0.15, 0.2) is 53.4 Å². The Kier molecular flexibility index (Phi) is 5.43. The van der Waals surface area contributed by atoms with Gasteiger partial charge in [-0.05, 0) is 60.5 Å². The summed E-state index contributed by atoms with van der Waals surface area (Å²) in [4.78, 5) is 13.7. The van der Waals surface area contributed by atoms with E-state index in [1.807, 2.05) is 42.5 Å². The van der Waals surface area contributed by atoms with Gasteiger partial charge in [-0.1, -0.05) is 30.7 Å². The summed E-state index contributed by atoms with van der Waals surface area (Å²) in [6, 6.07) is 15.6. The molecule has 1 amide bonds. The number of hydrogen-bond acceptors (Lipinski definition) is 4. The van der Waals surface area contributed by atoms with E-state index in [-0.39, 0.29) is 17.7 Å². The number of carbonyl (C=O) groups is 1. The highest BCUT2D eigenvalue weighted by molar-refractivity contribution is 7.97. The zero-order valence-electron chi connectivity index (χ0n) is 13.7. The van der Waals surface area contributed by atoms with Crippen LogP contribution in [0.1, 0.15) is 30.7 Å². The van der Waals surface area contributed by atoms with Crippen molar-refractivity contribution in [2.75, 3.05) is 12.4 Å². The number of methoxy groups -OCH3 is 1. The lowest BCUT2D eigenvalue weighted by Crippen LogP contribution is -2.25. The van der Waals surface area contributed by atoms with Gasteiger partial charge < -0.3 is 10.1 Å². The fourth-order valence-electron chi connectivity index (χ4n) is 3.50. The Morgan fingerprint density at radius 2 is 2.04 bits per heavy atom. The standard InChI is InChI=1S/C19H22N2O2S/c1-23-18-11-3-2-8-16(18)15-9-5-10-17(15)19(22)21-13-6-4-7-14(12-13)24-20/h2-4,6-8,11-12,15,17H,5,9-10,20H2,1H3,(H,21,22). The molecule has 4 nitrogen and oxygen atoms in total. The molecular formula is C19H22N2O2S. The van der Waals surface area contributed by atoms with Crippen LogP contribution >= 0.6 is 11.9 Å². The number of amides is 1. The molecule has 5 heteroatoms. The van der Waals surface area contributed by atoms with Gasteiger partial charge in [0.2, 0.25) is 5.91 Å². The lowest BCUT2D eigenvalue weighted by atomic mass is 9.87. The minimum absolute atomic E-state index is 0.0320. The molecule has 0 aliphatic heterocycles. The van der Waals surface area contributed by atoms with E-state index in [0.29, 0.717) is 0 Å². The Bertz CT molecular complexity index is 720. The van der Waals surface area contributed by atoms with Crippen LogP contribution in [-0.2, 0) is 4.79 Å². The van der Waals surface area contributed by atoms with Crippen molar-refractivity contribution in [3.63, 3.8) is 0 Å². The molecule has 0 aromatic heterocycles. The van der Waals surface area contributed by atoms with Crippen LogP contribution in [0.4, 0.5) is 5.69 Å². The molecule has 3 N–H and O–H groups in total. The van der Waals surface area contributed by atoms with Crippen molar-refractivity contribution in [2.45, 2.75) is 30.1 Å². The SMILES string of the molecule is COc1ccccc1C1CCCC1C(=O)Nc1cccc(SN)c1. The maximum Gasteiger partial charge on any atom is 0.228 e. The molecule has 3 rings (SSSR count). The summed E-state index contributed by atoms with van der Waals surface area (Å²) < 4.78 is 5.49. The summed E-state index contributed by atoms with van der Waals surface area (Å²) in [5, 5.41) is 8.64. The molecule has 0 spiro atoms. The predicted molar refractivity (Wildman–Crippen MR) is 98.2 cm³/mol. The van der Waals surface area contributed by atoms with E-state index in [2.05, 4.69) is 11.4 Å². The Hall–Kier alpha value is -1.98. The van der Waals surface area contributed by atoms with Crippen LogP contribution in [-0.4, -0.2) is 13.0 Å². The molecule has 0 heterocycles. The molecule has 1 aliphatic carbocycles. The minimum Gasteiger partial charge on any atom is -0.496 e. The highest BCUT2D eigenvalue weighted by Crippen LogP contribution is 2.43. The lowest BCUT2D eigenvalue weighted by molar-refractivity contribution is -0.120. The van der Waals surface area contributed by atoms with Gasteiger partial charge in [-0.3, -0.25) is 9.93 Å². The first-order chi connectivity index (χ1) is 11.7. The first-order valence-corrected chi connectivity index (χ1v) is 9.01. The van der Waals surface area contributed by atoms with E-state index in [0.717, 1.165) is 41.2 Å². The summed E-state index contributed by atoms with van der Waals surface area (Å²) in [7, 11) is 1.68. The highest BCUT2D eigenvalue weighted by atomic mass is 32.2. The van der Waals surface area contributed by atoms with Gasteiger partial charge in [0.1, 0.15) is 5.75 Å². The normalized spacial score (nSPS) is 19.9. The zero-order valence-corrected chi connectivity index (χ0v) is 14.5. The fourth-order valence-corrected chi connectivity index (χ4v) is 3.85. The first-order valence-electron chi connectivity index (χ1n) is 8.13. The van der Waals surface area contributed by atoms with Crippen molar-refractivity contribution in [1.29, 1.82) is 0 Å². The largest absolute Gasteiger partial charge is 0.496 e. The van der Waals surface area contributed by atoms with Crippen LogP contribution in [0.3, 0.4) is 0 Å². The summed E-state index contributed by atoms with van der Waals surface area (Å²) in [5.74, 6) is 1.11. The predicted octanol–water partition coefficient (Wildman–Crippen LogP) is 4.18. The van der Waals surface area contributed by atoms with Crippen LogP contribution in [0.25, 0.3) is 0 Å². The third-order valence-corrected chi connectivity index (χ3v) is 5.15. The molecule has 0 radical (unpaired) electrons. The molecule has 1 fully saturated rings. The number of anilines is 1. The maximum absolute atomic E-state index is 12.8. The average molecular weight is 342 g/mol. The van der Waals surface area contributed by atoms with Gasteiger partial charge in [0.15, 0.2) is 0 Å².